The Kier molecular flexibility index (Phi) is 22.1. The van der Waals surface area contributed by atoms with Gasteiger partial charge in [-0.2, -0.15) is 13.2 Å². The summed E-state index contributed by atoms with van der Waals surface area (Å²) < 4.78 is 58.9. The summed E-state index contributed by atoms with van der Waals surface area (Å²) >= 11 is 0. The van der Waals surface area contributed by atoms with Crippen LogP contribution in [-0.2, 0) is 36.4 Å². The third-order valence-corrected chi connectivity index (χ3v) is 9.42. The normalized spacial score (nSPS) is 14.7. The van der Waals surface area contributed by atoms with E-state index < -0.39 is 23.5 Å². The Bertz CT molecular complexity index is 777. The average molecular weight is 718 g/mol. The second kappa shape index (κ2) is 18.6. The van der Waals surface area contributed by atoms with Crippen molar-refractivity contribution in [3.8, 4) is 0 Å². The number of halogens is 3. The van der Waals surface area contributed by atoms with Gasteiger partial charge in [0.25, 0.3) is 0 Å². The third kappa shape index (κ3) is 20.2. The second-order valence-corrected chi connectivity index (χ2v) is 15.2. The third-order valence-electron chi connectivity index (χ3n) is 4.51. The maximum Gasteiger partial charge on any atom is 0.485 e. The number of pyridine rings is 1. The molecule has 0 aliphatic heterocycles. The first-order valence-corrected chi connectivity index (χ1v) is 13.7. The van der Waals surface area contributed by atoms with Gasteiger partial charge in [0.2, 0.25) is 0 Å². The summed E-state index contributed by atoms with van der Waals surface area (Å²) in [4.78, 5) is 4.47. The fraction of sp³-hybridized carbons (Fsp3) is 0.560. The van der Waals surface area contributed by atoms with Gasteiger partial charge in [-0.3, -0.25) is 4.98 Å². The topological polar surface area (TPSA) is 70.1 Å². The molecule has 1 aliphatic carbocycles. The van der Waals surface area contributed by atoms with E-state index in [1.807, 2.05) is 12.3 Å². The summed E-state index contributed by atoms with van der Waals surface area (Å²) in [6, 6.07) is 6.24. The van der Waals surface area contributed by atoms with E-state index in [2.05, 4.69) is 83.0 Å². The van der Waals surface area contributed by atoms with Crippen LogP contribution < -0.4 is 0 Å². The Labute approximate surface area is 227 Å². The van der Waals surface area contributed by atoms with E-state index in [1.165, 1.54) is 37.5 Å². The molecular weight excluding hydrogens is 675 g/mol. The number of allylic oxidation sites excluding steroid dienone is 4. The van der Waals surface area contributed by atoms with Gasteiger partial charge in [0.1, 0.15) is 0 Å². The smallest absolute Gasteiger partial charge is 0.485 e. The van der Waals surface area contributed by atoms with Gasteiger partial charge in [-0.1, -0.05) is 30.4 Å². The fourth-order valence-electron chi connectivity index (χ4n) is 3.20. The minimum absolute atomic E-state index is 0. The van der Waals surface area contributed by atoms with Crippen molar-refractivity contribution in [1.29, 1.82) is 0 Å². The van der Waals surface area contributed by atoms with Gasteiger partial charge in [-0.25, -0.2) is 8.42 Å². The van der Waals surface area contributed by atoms with Crippen LogP contribution in [0.5, 0.6) is 0 Å². The van der Waals surface area contributed by atoms with Crippen molar-refractivity contribution in [2.45, 2.75) is 89.2 Å². The molecule has 0 N–H and O–H groups in total. The summed E-state index contributed by atoms with van der Waals surface area (Å²) in [5, 5.41) is 0.834. The van der Waals surface area contributed by atoms with Crippen LogP contribution in [0, 0.1) is 14.9 Å². The second-order valence-electron chi connectivity index (χ2n) is 9.47. The Hall–Kier alpha value is -0.591. The van der Waals surface area contributed by atoms with Gasteiger partial charge >= 0.3 is 5.51 Å². The zero-order valence-corrected chi connectivity index (χ0v) is 26.4. The van der Waals surface area contributed by atoms with Crippen LogP contribution in [0.3, 0.4) is 0 Å². The van der Waals surface area contributed by atoms with E-state index in [-0.39, 0.29) is 35.0 Å². The van der Waals surface area contributed by atoms with Gasteiger partial charge in [0.15, 0.2) is 10.1 Å². The van der Waals surface area contributed by atoms with Crippen molar-refractivity contribution < 1.29 is 46.2 Å². The van der Waals surface area contributed by atoms with Crippen molar-refractivity contribution in [3.05, 3.63) is 69.2 Å². The van der Waals surface area contributed by atoms with Gasteiger partial charge in [-0.05, 0) is 79.4 Å². The molecule has 0 amide bonds. The minimum atomic E-state index is -6.09. The SMILES string of the molecule is C1=CCC/C=C\CC1.CC(C)(C)[PH+](Cc1ccccn1)C(C)(C)C.O=S(=O)([O-])C(F)(F)F.[CH3-].[CH3-].[Ir]. The largest absolute Gasteiger partial charge is 0.741 e. The van der Waals surface area contributed by atoms with E-state index in [4.69, 9.17) is 13.0 Å². The molecule has 1 aromatic rings. The van der Waals surface area contributed by atoms with Crippen LogP contribution in [0.25, 0.3) is 0 Å². The molecule has 1 radical (unpaired) electrons. The molecule has 0 atom stereocenters. The quantitative estimate of drug-likeness (QED) is 0.102. The van der Waals surface area contributed by atoms with Crippen molar-refractivity contribution in [2.24, 2.45) is 0 Å². The van der Waals surface area contributed by atoms with Gasteiger partial charge < -0.3 is 19.4 Å². The Morgan fingerprint density at radius 2 is 1.20 bits per heavy atom. The monoisotopic (exact) mass is 718 g/mol. The molecule has 1 heterocycles. The van der Waals surface area contributed by atoms with Crippen LogP contribution in [0.2, 0.25) is 0 Å². The predicted molar refractivity (Wildman–Crippen MR) is 141 cm³/mol. The van der Waals surface area contributed by atoms with E-state index in [0.717, 1.165) is 0 Å². The molecule has 2 rings (SSSR count). The molecule has 10 heteroatoms. The van der Waals surface area contributed by atoms with Gasteiger partial charge in [0, 0.05) is 34.2 Å². The molecule has 0 spiro atoms. The maximum atomic E-state index is 10.7. The zero-order chi connectivity index (χ0) is 25.1. The first kappa shape index (κ1) is 41.5. The van der Waals surface area contributed by atoms with Crippen LogP contribution in [-0.4, -0.2) is 33.8 Å². The van der Waals surface area contributed by atoms with Crippen molar-refractivity contribution in [1.82, 2.24) is 4.98 Å². The van der Waals surface area contributed by atoms with Crippen molar-refractivity contribution in [3.63, 3.8) is 0 Å². The molecule has 0 saturated heterocycles. The summed E-state index contributed by atoms with van der Waals surface area (Å²) in [7, 11) is -6.58. The molecular formula is C25H43F3IrNO3PS-2. The fourth-order valence-corrected chi connectivity index (χ4v) is 7.08. The Morgan fingerprint density at radius 1 is 0.857 bits per heavy atom. The molecule has 0 fully saturated rings. The molecule has 4 nitrogen and oxygen atoms in total. The molecule has 1 aromatic heterocycles. The maximum absolute atomic E-state index is 10.7. The molecule has 0 unspecified atom stereocenters. The molecule has 0 saturated carbocycles. The van der Waals surface area contributed by atoms with E-state index in [1.54, 1.807) is 0 Å². The summed E-state index contributed by atoms with van der Waals surface area (Å²) in [5.74, 6) is 0. The van der Waals surface area contributed by atoms with Crippen molar-refractivity contribution >= 4 is 18.0 Å². The summed E-state index contributed by atoms with van der Waals surface area (Å²) in [6.45, 7) is 14.2. The first-order valence-electron chi connectivity index (χ1n) is 10.5. The van der Waals surface area contributed by atoms with E-state index in [9.17, 15) is 13.2 Å². The molecule has 35 heavy (non-hydrogen) atoms. The molecule has 1 aliphatic rings. The van der Waals surface area contributed by atoms with Crippen LogP contribution in [0.1, 0.15) is 72.9 Å². The van der Waals surface area contributed by atoms with Crippen LogP contribution in [0.4, 0.5) is 13.2 Å². The number of alkyl halides is 3. The number of hydrogen-bond acceptors (Lipinski definition) is 4. The molecule has 0 bridgehead atoms. The standard InChI is InChI=1S/C14H24NP.C8H12.CHF3O3S.2CH3.Ir/c1-13(2,3)16(14(4,5)6)11-12-9-7-8-10-15-12;1-2-4-6-8-7-5-3-1;2-1(3,4)8(5,6)7;;;/h7-10H,11H2,1-6H3;1-2,7-8H,3-6H2;(H,5,6,7);2*1H3;/q;;;2*-1;/b;2-1-,8-7?;;;;. The molecule has 209 valence electrons. The van der Waals surface area contributed by atoms with E-state index >= 15 is 0 Å². The minimum Gasteiger partial charge on any atom is -0.741 e. The average Bonchev–Trinajstić information content (AvgIpc) is 2.57. The predicted octanol–water partition coefficient (Wildman–Crippen LogP) is 8.02. The van der Waals surface area contributed by atoms with Gasteiger partial charge in [-0.15, -0.1) is 0 Å². The first-order chi connectivity index (χ1) is 14.5. The van der Waals surface area contributed by atoms with Crippen LogP contribution >= 0.6 is 7.92 Å². The number of nitrogens with zero attached hydrogens (tertiary/aromatic N) is 1. The van der Waals surface area contributed by atoms with E-state index in [0.29, 0.717) is 10.3 Å². The Balaban J connectivity index is -0.000000217. The Morgan fingerprint density at radius 3 is 1.43 bits per heavy atom. The van der Waals surface area contributed by atoms with Gasteiger partial charge in [0.05, 0.1) is 22.2 Å². The van der Waals surface area contributed by atoms with Crippen molar-refractivity contribution in [2.75, 3.05) is 0 Å². The summed E-state index contributed by atoms with van der Waals surface area (Å²) in [6.07, 6.45) is 17.1. The number of rotatable bonds is 2. The number of aromatic nitrogens is 1. The zero-order valence-electron chi connectivity index (χ0n) is 22.2. The number of hydrogen-bond donors (Lipinski definition) is 0. The molecule has 0 aromatic carbocycles. The summed E-state index contributed by atoms with van der Waals surface area (Å²) in [5.41, 5.74) is -4.39. The van der Waals surface area contributed by atoms with Crippen LogP contribution in [0.15, 0.2) is 48.7 Å².